The molecule has 2 aliphatic rings. The van der Waals surface area contributed by atoms with Crippen LogP contribution in [0.1, 0.15) is 16.8 Å². The van der Waals surface area contributed by atoms with E-state index >= 15 is 0 Å². The average molecular weight is 386 g/mol. The van der Waals surface area contributed by atoms with E-state index in [-0.39, 0.29) is 43.5 Å². The van der Waals surface area contributed by atoms with E-state index in [4.69, 9.17) is 19.9 Å². The number of nitrogens with zero attached hydrogens (tertiary/aromatic N) is 2. The molecule has 26 heavy (non-hydrogen) atoms. The minimum absolute atomic E-state index is 0. The normalized spacial score (nSPS) is 16.8. The van der Waals surface area contributed by atoms with Crippen molar-refractivity contribution >= 4 is 24.2 Å². The summed E-state index contributed by atoms with van der Waals surface area (Å²) in [6, 6.07) is 5.18. The second-order valence-corrected chi connectivity index (χ2v) is 6.04. The van der Waals surface area contributed by atoms with Gasteiger partial charge in [0.05, 0.1) is 12.5 Å². The van der Waals surface area contributed by atoms with E-state index in [0.717, 1.165) is 0 Å². The van der Waals surface area contributed by atoms with Crippen LogP contribution in [-0.4, -0.2) is 74.3 Å². The highest BCUT2D eigenvalue weighted by atomic mass is 35.5. The fourth-order valence-corrected chi connectivity index (χ4v) is 2.96. The first-order chi connectivity index (χ1) is 12.1. The molecule has 3 rings (SSSR count). The van der Waals surface area contributed by atoms with E-state index in [2.05, 4.69) is 0 Å². The zero-order valence-corrected chi connectivity index (χ0v) is 15.5. The quantitative estimate of drug-likeness (QED) is 0.792. The van der Waals surface area contributed by atoms with Crippen molar-refractivity contribution in [3.63, 3.8) is 0 Å². The maximum Gasteiger partial charge on any atom is 0.254 e. The molecular weight excluding hydrogens is 362 g/mol. The molecule has 2 heterocycles. The van der Waals surface area contributed by atoms with Crippen LogP contribution in [0.15, 0.2) is 18.2 Å². The summed E-state index contributed by atoms with van der Waals surface area (Å²) in [5.41, 5.74) is 6.12. The number of fused-ring (bicyclic) bond motifs is 1. The van der Waals surface area contributed by atoms with Crippen LogP contribution < -0.4 is 15.2 Å². The van der Waals surface area contributed by atoms with Crippen LogP contribution in [-0.2, 0) is 9.53 Å². The Hall–Kier alpha value is -2.03. The first kappa shape index (κ1) is 20.3. The highest BCUT2D eigenvalue weighted by Crippen LogP contribution is 2.32. The number of amides is 2. The van der Waals surface area contributed by atoms with E-state index < -0.39 is 0 Å². The Morgan fingerprint density at radius 3 is 2.46 bits per heavy atom. The van der Waals surface area contributed by atoms with Crippen LogP contribution in [0.5, 0.6) is 11.5 Å². The lowest BCUT2D eigenvalue weighted by Gasteiger charge is -2.35. The maximum absolute atomic E-state index is 12.6. The van der Waals surface area contributed by atoms with Gasteiger partial charge in [-0.2, -0.15) is 0 Å². The second-order valence-electron chi connectivity index (χ2n) is 6.04. The van der Waals surface area contributed by atoms with Gasteiger partial charge in [0.15, 0.2) is 11.5 Å². The van der Waals surface area contributed by atoms with Crippen LogP contribution >= 0.6 is 12.4 Å². The molecule has 0 saturated carbocycles. The molecule has 0 spiro atoms. The largest absolute Gasteiger partial charge is 0.454 e. The lowest BCUT2D eigenvalue weighted by atomic mass is 10.1. The summed E-state index contributed by atoms with van der Waals surface area (Å²) in [4.78, 5) is 28.4. The molecule has 1 fully saturated rings. The first-order valence-corrected chi connectivity index (χ1v) is 8.32. The number of halogens is 1. The smallest absolute Gasteiger partial charge is 0.254 e. The van der Waals surface area contributed by atoms with Gasteiger partial charge in [-0.15, -0.1) is 12.4 Å². The summed E-state index contributed by atoms with van der Waals surface area (Å²) < 4.78 is 15.7. The molecule has 2 N–H and O–H groups in total. The molecule has 2 amide bonds. The van der Waals surface area contributed by atoms with E-state index in [1.165, 1.54) is 0 Å². The average Bonchev–Trinajstić information content (AvgIpc) is 3.13. The Morgan fingerprint density at radius 2 is 1.81 bits per heavy atom. The molecule has 0 radical (unpaired) electrons. The molecule has 8 nitrogen and oxygen atoms in total. The number of benzene rings is 1. The van der Waals surface area contributed by atoms with Crippen LogP contribution in [0.4, 0.5) is 0 Å². The summed E-state index contributed by atoms with van der Waals surface area (Å²) in [7, 11) is 1.55. The van der Waals surface area contributed by atoms with Gasteiger partial charge in [-0.1, -0.05) is 0 Å². The molecule has 9 heteroatoms. The van der Waals surface area contributed by atoms with Crippen molar-refractivity contribution in [3.8, 4) is 11.5 Å². The standard InChI is InChI=1S/C17H23N3O5.ClH/c1-23-13(10-18)9-16(21)19-4-6-20(7-5-19)17(22)12-2-3-14-15(8-12)25-11-24-14;/h2-3,8,13H,4-7,9-11,18H2,1H3;1H. The third kappa shape index (κ3) is 4.38. The molecule has 1 unspecified atom stereocenters. The second kappa shape index (κ2) is 9.07. The van der Waals surface area contributed by atoms with Crippen LogP contribution in [0, 0.1) is 0 Å². The topological polar surface area (TPSA) is 94.3 Å². The van der Waals surface area contributed by atoms with Gasteiger partial charge in [0.1, 0.15) is 0 Å². The van der Waals surface area contributed by atoms with E-state index in [0.29, 0.717) is 49.8 Å². The maximum atomic E-state index is 12.6. The van der Waals surface area contributed by atoms with Crippen molar-refractivity contribution in [2.24, 2.45) is 5.73 Å². The number of carbonyl (C=O) groups excluding carboxylic acids is 2. The molecule has 144 valence electrons. The molecule has 1 atom stereocenters. The van der Waals surface area contributed by atoms with E-state index in [9.17, 15) is 9.59 Å². The van der Waals surface area contributed by atoms with Gasteiger partial charge in [-0.3, -0.25) is 9.59 Å². The molecule has 0 aromatic heterocycles. The number of methoxy groups -OCH3 is 1. The first-order valence-electron chi connectivity index (χ1n) is 8.32. The number of rotatable bonds is 5. The van der Waals surface area contributed by atoms with Crippen LogP contribution in [0.3, 0.4) is 0 Å². The number of hydrogen-bond acceptors (Lipinski definition) is 6. The van der Waals surface area contributed by atoms with Crippen LogP contribution in [0.2, 0.25) is 0 Å². The lowest BCUT2D eigenvalue weighted by Crippen LogP contribution is -2.51. The molecule has 2 aliphatic heterocycles. The Labute approximate surface area is 158 Å². The summed E-state index contributed by atoms with van der Waals surface area (Å²) in [5.74, 6) is 1.18. The van der Waals surface area contributed by atoms with Crippen molar-refractivity contribution in [1.29, 1.82) is 0 Å². The SMILES string of the molecule is COC(CN)CC(=O)N1CCN(C(=O)c2ccc3c(c2)OCO3)CC1.Cl. The lowest BCUT2D eigenvalue weighted by molar-refractivity contribution is -0.135. The number of piperazine rings is 1. The molecule has 0 bridgehead atoms. The minimum Gasteiger partial charge on any atom is -0.454 e. The number of carbonyl (C=O) groups is 2. The minimum atomic E-state index is -0.263. The fourth-order valence-electron chi connectivity index (χ4n) is 2.96. The molecule has 1 aromatic rings. The third-order valence-corrected chi connectivity index (χ3v) is 4.54. The number of nitrogens with two attached hydrogens (primary N) is 1. The molecule has 1 aromatic carbocycles. The Morgan fingerprint density at radius 1 is 1.15 bits per heavy atom. The van der Waals surface area contributed by atoms with Gasteiger partial charge in [-0.25, -0.2) is 0 Å². The Balaban J connectivity index is 0.00000243. The monoisotopic (exact) mass is 385 g/mol. The van der Waals surface area contributed by atoms with Gasteiger partial charge in [0.2, 0.25) is 12.7 Å². The van der Waals surface area contributed by atoms with Gasteiger partial charge in [0, 0.05) is 45.4 Å². The number of ether oxygens (including phenoxy) is 3. The summed E-state index contributed by atoms with van der Waals surface area (Å²) in [5, 5.41) is 0. The van der Waals surface area contributed by atoms with Crippen LogP contribution in [0.25, 0.3) is 0 Å². The van der Waals surface area contributed by atoms with Crippen molar-refractivity contribution < 1.29 is 23.8 Å². The summed E-state index contributed by atoms with van der Waals surface area (Å²) >= 11 is 0. The Bertz CT molecular complexity index is 645. The predicted octanol–water partition coefficient (Wildman–Crippen LogP) is 0.485. The summed E-state index contributed by atoms with van der Waals surface area (Å²) in [6.45, 7) is 2.51. The summed E-state index contributed by atoms with van der Waals surface area (Å²) in [6.07, 6.45) is 0.00382. The van der Waals surface area contributed by atoms with E-state index in [1.54, 1.807) is 35.1 Å². The van der Waals surface area contributed by atoms with Gasteiger partial charge in [-0.05, 0) is 18.2 Å². The Kier molecular flexibility index (Phi) is 7.07. The molecule has 0 aliphatic carbocycles. The van der Waals surface area contributed by atoms with E-state index in [1.807, 2.05) is 0 Å². The highest BCUT2D eigenvalue weighted by molar-refractivity contribution is 5.95. The number of hydrogen-bond donors (Lipinski definition) is 1. The van der Waals surface area contributed by atoms with Crippen molar-refractivity contribution in [2.45, 2.75) is 12.5 Å². The van der Waals surface area contributed by atoms with Crippen molar-refractivity contribution in [2.75, 3.05) is 46.6 Å². The molecular formula is C17H24ClN3O5. The predicted molar refractivity (Wildman–Crippen MR) is 96.8 cm³/mol. The highest BCUT2D eigenvalue weighted by Gasteiger charge is 2.27. The van der Waals surface area contributed by atoms with Crippen molar-refractivity contribution in [1.82, 2.24) is 9.80 Å². The zero-order chi connectivity index (χ0) is 17.8. The van der Waals surface area contributed by atoms with Gasteiger partial charge >= 0.3 is 0 Å². The fraction of sp³-hybridized carbons (Fsp3) is 0.529. The van der Waals surface area contributed by atoms with Gasteiger partial charge < -0.3 is 29.7 Å². The van der Waals surface area contributed by atoms with Gasteiger partial charge in [0.25, 0.3) is 5.91 Å². The van der Waals surface area contributed by atoms with Crippen molar-refractivity contribution in [3.05, 3.63) is 23.8 Å². The zero-order valence-electron chi connectivity index (χ0n) is 14.7. The molecule has 1 saturated heterocycles. The third-order valence-electron chi connectivity index (χ3n) is 4.54.